The molecule has 17 heavy (non-hydrogen) atoms. The Balaban J connectivity index is 2.77. The molecule has 1 rings (SSSR count). The number of carboxylic acids is 1. The molecule has 0 aliphatic heterocycles. The lowest BCUT2D eigenvalue weighted by atomic mass is 10.1. The molecule has 0 saturated carbocycles. The van der Waals surface area contributed by atoms with Crippen LogP contribution in [0.3, 0.4) is 0 Å². The Morgan fingerprint density at radius 3 is 2.18 bits per heavy atom. The fourth-order valence-electron chi connectivity index (χ4n) is 1.10. The van der Waals surface area contributed by atoms with Crippen LogP contribution < -0.4 is 4.74 Å². The maximum Gasteiger partial charge on any atom is 0.328 e. The van der Waals surface area contributed by atoms with E-state index in [-0.39, 0.29) is 0 Å². The van der Waals surface area contributed by atoms with Crippen LogP contribution in [0.15, 0.2) is 36.4 Å². The lowest BCUT2D eigenvalue weighted by molar-refractivity contribution is -0.132. The second-order valence-electron chi connectivity index (χ2n) is 3.15. The van der Waals surface area contributed by atoms with E-state index in [4.69, 9.17) is 9.84 Å². The van der Waals surface area contributed by atoms with Gasteiger partial charge in [0.15, 0.2) is 5.78 Å². The van der Waals surface area contributed by atoms with Crippen molar-refractivity contribution in [2.45, 2.75) is 6.92 Å². The van der Waals surface area contributed by atoms with Crippen LogP contribution in [0.2, 0.25) is 0 Å². The van der Waals surface area contributed by atoms with Gasteiger partial charge in [-0.05, 0) is 30.3 Å². The van der Waals surface area contributed by atoms with Crippen LogP contribution >= 0.6 is 0 Å². The van der Waals surface area contributed by atoms with E-state index in [0.717, 1.165) is 12.2 Å². The van der Waals surface area contributed by atoms with E-state index in [1.54, 1.807) is 0 Å². The quantitative estimate of drug-likeness (QED) is 0.369. The summed E-state index contributed by atoms with van der Waals surface area (Å²) >= 11 is 0. The molecule has 1 aromatic carbocycles. The van der Waals surface area contributed by atoms with E-state index in [0.29, 0.717) is 11.3 Å². The van der Waals surface area contributed by atoms with Crippen molar-refractivity contribution < 1.29 is 24.2 Å². The summed E-state index contributed by atoms with van der Waals surface area (Å²) in [6.45, 7) is 1.27. The van der Waals surface area contributed by atoms with E-state index in [2.05, 4.69) is 0 Å². The summed E-state index contributed by atoms with van der Waals surface area (Å²) in [5.74, 6) is -1.73. The first-order valence-electron chi connectivity index (χ1n) is 4.73. The van der Waals surface area contributed by atoms with Gasteiger partial charge in [0.2, 0.25) is 0 Å². The number of hydrogen-bond acceptors (Lipinski definition) is 4. The molecule has 5 heteroatoms. The third-order valence-corrected chi connectivity index (χ3v) is 1.78. The molecular weight excluding hydrogens is 224 g/mol. The normalized spacial score (nSPS) is 10.2. The minimum absolute atomic E-state index is 0.318. The molecule has 0 heterocycles. The predicted octanol–water partition coefficient (Wildman–Crippen LogP) is 1.44. The largest absolute Gasteiger partial charge is 0.478 e. The molecule has 0 unspecified atom stereocenters. The third-order valence-electron chi connectivity index (χ3n) is 1.78. The van der Waals surface area contributed by atoms with Crippen molar-refractivity contribution in [3.05, 3.63) is 42.0 Å². The second kappa shape index (κ2) is 5.60. The van der Waals surface area contributed by atoms with Gasteiger partial charge in [-0.25, -0.2) is 4.79 Å². The maximum absolute atomic E-state index is 11.4. The number of ketones is 1. The molecule has 0 atom stereocenters. The van der Waals surface area contributed by atoms with Gasteiger partial charge in [-0.2, -0.15) is 0 Å². The monoisotopic (exact) mass is 234 g/mol. The molecule has 0 amide bonds. The Hall–Kier alpha value is -2.43. The van der Waals surface area contributed by atoms with E-state index in [1.165, 1.54) is 31.2 Å². The van der Waals surface area contributed by atoms with Gasteiger partial charge >= 0.3 is 11.9 Å². The zero-order chi connectivity index (χ0) is 12.8. The number of carbonyl (C=O) groups excluding carboxylic acids is 2. The maximum atomic E-state index is 11.4. The zero-order valence-electron chi connectivity index (χ0n) is 9.04. The van der Waals surface area contributed by atoms with Crippen LogP contribution in [-0.4, -0.2) is 22.8 Å². The molecule has 5 nitrogen and oxygen atoms in total. The Morgan fingerprint density at radius 1 is 1.12 bits per heavy atom. The summed E-state index contributed by atoms with van der Waals surface area (Å²) < 4.78 is 4.78. The van der Waals surface area contributed by atoms with E-state index >= 15 is 0 Å². The molecule has 1 N–H and O–H groups in total. The Bertz CT molecular complexity index is 470. The number of carbonyl (C=O) groups is 3. The first kappa shape index (κ1) is 12.6. The average molecular weight is 234 g/mol. The number of ether oxygens (including phenoxy) is 1. The van der Waals surface area contributed by atoms with Gasteiger partial charge in [-0.1, -0.05) is 0 Å². The van der Waals surface area contributed by atoms with Crippen LogP contribution in [0.5, 0.6) is 5.75 Å². The van der Waals surface area contributed by atoms with Gasteiger partial charge in [0.05, 0.1) is 0 Å². The summed E-state index contributed by atoms with van der Waals surface area (Å²) in [5.41, 5.74) is 0.318. The van der Waals surface area contributed by atoms with Gasteiger partial charge in [-0.15, -0.1) is 0 Å². The highest BCUT2D eigenvalue weighted by molar-refractivity contribution is 6.06. The fraction of sp³-hybridized carbons (Fsp3) is 0.0833. The van der Waals surface area contributed by atoms with Crippen LogP contribution in [0.1, 0.15) is 17.3 Å². The highest BCUT2D eigenvalue weighted by Crippen LogP contribution is 2.13. The third kappa shape index (κ3) is 4.29. The molecule has 0 spiro atoms. The van der Waals surface area contributed by atoms with Crippen LogP contribution in [0, 0.1) is 0 Å². The molecule has 0 aliphatic rings. The first-order chi connectivity index (χ1) is 7.99. The van der Waals surface area contributed by atoms with Crippen molar-refractivity contribution in [3.63, 3.8) is 0 Å². The Morgan fingerprint density at radius 2 is 1.71 bits per heavy atom. The SMILES string of the molecule is CC(=O)Oc1ccc(C(=O)C=CC(=O)O)cc1. The molecular formula is C12H10O5. The predicted molar refractivity (Wildman–Crippen MR) is 58.9 cm³/mol. The molecule has 0 radical (unpaired) electrons. The van der Waals surface area contributed by atoms with Gasteiger partial charge in [0.25, 0.3) is 0 Å². The lowest BCUT2D eigenvalue weighted by Gasteiger charge is -2.01. The number of allylic oxidation sites excluding steroid dienone is 1. The van der Waals surface area contributed by atoms with Gasteiger partial charge in [-0.3, -0.25) is 9.59 Å². The standard InChI is InChI=1S/C12H10O5/c1-8(13)17-10-4-2-9(3-5-10)11(14)6-7-12(15)16/h2-7H,1H3,(H,15,16). The zero-order valence-corrected chi connectivity index (χ0v) is 9.04. The van der Waals surface area contributed by atoms with Crippen LogP contribution in [0.25, 0.3) is 0 Å². The van der Waals surface area contributed by atoms with Crippen LogP contribution in [0.4, 0.5) is 0 Å². The molecule has 0 fully saturated rings. The minimum atomic E-state index is -1.19. The van der Waals surface area contributed by atoms with Crippen molar-refractivity contribution in [2.24, 2.45) is 0 Å². The van der Waals surface area contributed by atoms with Gasteiger partial charge in [0.1, 0.15) is 5.75 Å². The number of rotatable bonds is 4. The summed E-state index contributed by atoms with van der Waals surface area (Å²) in [6, 6.07) is 5.83. The molecule has 1 aromatic rings. The number of esters is 1. The van der Waals surface area contributed by atoms with Crippen molar-refractivity contribution in [3.8, 4) is 5.75 Å². The highest BCUT2D eigenvalue weighted by Gasteiger charge is 2.03. The molecule has 0 aromatic heterocycles. The van der Waals surface area contributed by atoms with Gasteiger partial charge in [0, 0.05) is 18.6 Å². The summed E-state index contributed by atoms with van der Waals surface area (Å²) in [5, 5.41) is 8.36. The number of aliphatic carboxylic acids is 1. The molecule has 0 aliphatic carbocycles. The summed E-state index contributed by atoms with van der Waals surface area (Å²) in [6.07, 6.45) is 1.73. The number of carboxylic acid groups (broad SMARTS) is 1. The number of benzene rings is 1. The summed E-state index contributed by atoms with van der Waals surface area (Å²) in [4.78, 5) is 32.3. The van der Waals surface area contributed by atoms with Crippen molar-refractivity contribution >= 4 is 17.7 Å². The Kier molecular flexibility index (Phi) is 4.16. The van der Waals surface area contributed by atoms with Gasteiger partial charge < -0.3 is 9.84 Å². The molecule has 0 bridgehead atoms. The smallest absolute Gasteiger partial charge is 0.328 e. The number of hydrogen-bond donors (Lipinski definition) is 1. The van der Waals surface area contributed by atoms with Crippen molar-refractivity contribution in [1.29, 1.82) is 0 Å². The minimum Gasteiger partial charge on any atom is -0.478 e. The van der Waals surface area contributed by atoms with E-state index in [9.17, 15) is 14.4 Å². The molecule has 88 valence electrons. The van der Waals surface area contributed by atoms with Crippen molar-refractivity contribution in [2.75, 3.05) is 0 Å². The topological polar surface area (TPSA) is 80.7 Å². The highest BCUT2D eigenvalue weighted by atomic mass is 16.5. The fourth-order valence-corrected chi connectivity index (χ4v) is 1.10. The average Bonchev–Trinajstić information content (AvgIpc) is 2.26. The first-order valence-corrected chi connectivity index (χ1v) is 4.73. The van der Waals surface area contributed by atoms with E-state index < -0.39 is 17.7 Å². The Labute approximate surface area is 97.3 Å². The van der Waals surface area contributed by atoms with Crippen molar-refractivity contribution in [1.82, 2.24) is 0 Å². The van der Waals surface area contributed by atoms with E-state index in [1.807, 2.05) is 0 Å². The lowest BCUT2D eigenvalue weighted by Crippen LogP contribution is -2.02. The molecule has 0 saturated heterocycles. The second-order valence-corrected chi connectivity index (χ2v) is 3.15. The summed E-state index contributed by atoms with van der Waals surface area (Å²) in [7, 11) is 0. The van der Waals surface area contributed by atoms with Crippen LogP contribution in [-0.2, 0) is 9.59 Å².